The van der Waals surface area contributed by atoms with Gasteiger partial charge < -0.3 is 9.52 Å². The highest BCUT2D eigenvalue weighted by atomic mass is 16.4. The van der Waals surface area contributed by atoms with Crippen LogP contribution in [0.1, 0.15) is 18.7 Å². The maximum absolute atomic E-state index is 10.5. The third-order valence-electron chi connectivity index (χ3n) is 3.10. The van der Waals surface area contributed by atoms with Gasteiger partial charge in [-0.05, 0) is 30.7 Å². The van der Waals surface area contributed by atoms with Gasteiger partial charge in [0.2, 0.25) is 11.8 Å². The molecule has 0 saturated heterocycles. The number of fused-ring (bicyclic) bond motifs is 1. The van der Waals surface area contributed by atoms with Gasteiger partial charge in [-0.1, -0.05) is 6.07 Å². The zero-order chi connectivity index (χ0) is 14.7. The lowest BCUT2D eigenvalue weighted by molar-refractivity contribution is -0.137. The van der Waals surface area contributed by atoms with Gasteiger partial charge in [-0.3, -0.25) is 9.78 Å². The van der Waals surface area contributed by atoms with Crippen LogP contribution in [0.2, 0.25) is 0 Å². The van der Waals surface area contributed by atoms with E-state index in [9.17, 15) is 4.79 Å². The van der Waals surface area contributed by atoms with E-state index in [1.54, 1.807) is 6.20 Å². The highest BCUT2D eigenvalue weighted by Gasteiger charge is 2.10. The minimum absolute atomic E-state index is 0.0966. The van der Waals surface area contributed by atoms with Crippen molar-refractivity contribution in [2.75, 3.05) is 0 Å². The molecule has 1 aromatic carbocycles. The van der Waals surface area contributed by atoms with Gasteiger partial charge in [0.25, 0.3) is 0 Å². The molecule has 0 aliphatic rings. The second-order valence-corrected chi connectivity index (χ2v) is 4.66. The van der Waals surface area contributed by atoms with Crippen LogP contribution in [0, 0.1) is 0 Å². The van der Waals surface area contributed by atoms with E-state index >= 15 is 0 Å². The number of carboxylic acids is 1. The SMILES string of the molecule is O=C(O)CCCc1nnc(-c2ccc3ncccc3c2)o1. The predicted molar refractivity (Wildman–Crippen MR) is 75.6 cm³/mol. The minimum atomic E-state index is -0.822. The van der Waals surface area contributed by atoms with Gasteiger partial charge in [-0.25, -0.2) is 0 Å². The average Bonchev–Trinajstić information content (AvgIpc) is 2.95. The molecule has 0 bridgehead atoms. The molecule has 1 N–H and O–H groups in total. The molecule has 0 spiro atoms. The van der Waals surface area contributed by atoms with Crippen LogP contribution in [0.25, 0.3) is 22.4 Å². The van der Waals surface area contributed by atoms with E-state index < -0.39 is 5.97 Å². The summed E-state index contributed by atoms with van der Waals surface area (Å²) < 4.78 is 5.56. The Bertz CT molecular complexity index is 782. The van der Waals surface area contributed by atoms with Crippen LogP contribution in [-0.4, -0.2) is 26.3 Å². The second kappa shape index (κ2) is 5.70. The van der Waals surface area contributed by atoms with Crippen molar-refractivity contribution in [3.8, 4) is 11.5 Å². The van der Waals surface area contributed by atoms with Crippen LogP contribution >= 0.6 is 0 Å². The molecular weight excluding hydrogens is 270 g/mol. The minimum Gasteiger partial charge on any atom is -0.481 e. The molecule has 2 heterocycles. The molecule has 2 aromatic heterocycles. The van der Waals surface area contributed by atoms with Gasteiger partial charge in [-0.2, -0.15) is 0 Å². The number of carbonyl (C=O) groups is 1. The van der Waals surface area contributed by atoms with Gasteiger partial charge in [0.1, 0.15) is 0 Å². The number of hydrogen-bond donors (Lipinski definition) is 1. The number of aryl methyl sites for hydroxylation is 1. The molecule has 0 aliphatic heterocycles. The first-order valence-electron chi connectivity index (χ1n) is 6.62. The zero-order valence-electron chi connectivity index (χ0n) is 11.2. The number of hydrogen-bond acceptors (Lipinski definition) is 5. The molecule has 3 rings (SSSR count). The van der Waals surface area contributed by atoms with Gasteiger partial charge in [0.05, 0.1) is 5.52 Å². The third kappa shape index (κ3) is 3.05. The topological polar surface area (TPSA) is 89.1 Å². The van der Waals surface area contributed by atoms with Crippen molar-refractivity contribution in [3.63, 3.8) is 0 Å². The number of nitrogens with zero attached hydrogens (tertiary/aromatic N) is 3. The molecule has 0 amide bonds. The Labute approximate surface area is 120 Å². The summed E-state index contributed by atoms with van der Waals surface area (Å²) in [6.45, 7) is 0. The summed E-state index contributed by atoms with van der Waals surface area (Å²) in [5.41, 5.74) is 1.73. The molecule has 6 nitrogen and oxygen atoms in total. The number of rotatable bonds is 5. The van der Waals surface area contributed by atoms with Crippen LogP contribution in [0.15, 0.2) is 40.9 Å². The first kappa shape index (κ1) is 13.2. The molecule has 0 saturated carbocycles. The molecule has 6 heteroatoms. The Morgan fingerprint density at radius 2 is 2.14 bits per heavy atom. The highest BCUT2D eigenvalue weighted by molar-refractivity contribution is 5.82. The molecule has 0 unspecified atom stereocenters. The fourth-order valence-corrected chi connectivity index (χ4v) is 2.07. The smallest absolute Gasteiger partial charge is 0.303 e. The highest BCUT2D eigenvalue weighted by Crippen LogP contribution is 2.22. The first-order valence-corrected chi connectivity index (χ1v) is 6.62. The van der Waals surface area contributed by atoms with E-state index in [1.807, 2.05) is 30.3 Å². The van der Waals surface area contributed by atoms with Crippen LogP contribution in [-0.2, 0) is 11.2 Å². The molecule has 0 aliphatic carbocycles. The molecule has 3 aromatic rings. The van der Waals surface area contributed by atoms with Gasteiger partial charge >= 0.3 is 5.97 Å². The van der Waals surface area contributed by atoms with Crippen molar-refractivity contribution in [1.82, 2.24) is 15.2 Å². The fourth-order valence-electron chi connectivity index (χ4n) is 2.07. The van der Waals surface area contributed by atoms with Gasteiger partial charge in [0.15, 0.2) is 0 Å². The number of aromatic nitrogens is 3. The number of carboxylic acid groups (broad SMARTS) is 1. The monoisotopic (exact) mass is 283 g/mol. The normalized spacial score (nSPS) is 10.9. The lowest BCUT2D eigenvalue weighted by atomic mass is 10.1. The molecule has 106 valence electrons. The lowest BCUT2D eigenvalue weighted by Crippen LogP contribution is -1.95. The van der Waals surface area contributed by atoms with E-state index in [-0.39, 0.29) is 6.42 Å². The van der Waals surface area contributed by atoms with E-state index in [1.165, 1.54) is 0 Å². The van der Waals surface area contributed by atoms with E-state index in [0.29, 0.717) is 24.6 Å². The van der Waals surface area contributed by atoms with Crippen LogP contribution in [0.3, 0.4) is 0 Å². The van der Waals surface area contributed by atoms with E-state index in [2.05, 4.69) is 15.2 Å². The molecule has 0 radical (unpaired) electrons. The molecule has 0 atom stereocenters. The maximum Gasteiger partial charge on any atom is 0.303 e. The summed E-state index contributed by atoms with van der Waals surface area (Å²) in [7, 11) is 0. The largest absolute Gasteiger partial charge is 0.481 e. The van der Waals surface area contributed by atoms with Gasteiger partial charge in [0, 0.05) is 30.0 Å². The zero-order valence-corrected chi connectivity index (χ0v) is 11.2. The first-order chi connectivity index (χ1) is 10.2. The van der Waals surface area contributed by atoms with Crippen molar-refractivity contribution in [2.45, 2.75) is 19.3 Å². The number of aliphatic carboxylic acids is 1. The van der Waals surface area contributed by atoms with Crippen LogP contribution in [0.5, 0.6) is 0 Å². The van der Waals surface area contributed by atoms with Crippen LogP contribution < -0.4 is 0 Å². The fraction of sp³-hybridized carbons (Fsp3) is 0.200. The van der Waals surface area contributed by atoms with Gasteiger partial charge in [-0.15, -0.1) is 10.2 Å². The summed E-state index contributed by atoms with van der Waals surface area (Å²) >= 11 is 0. The Balaban J connectivity index is 1.79. The quantitative estimate of drug-likeness (QED) is 0.774. The van der Waals surface area contributed by atoms with Crippen molar-refractivity contribution < 1.29 is 14.3 Å². The van der Waals surface area contributed by atoms with Crippen LogP contribution in [0.4, 0.5) is 0 Å². The van der Waals surface area contributed by atoms with E-state index in [0.717, 1.165) is 16.5 Å². The van der Waals surface area contributed by atoms with Crippen molar-refractivity contribution in [3.05, 3.63) is 42.4 Å². The Hall–Kier alpha value is -2.76. The van der Waals surface area contributed by atoms with E-state index in [4.69, 9.17) is 9.52 Å². The number of pyridine rings is 1. The summed E-state index contributed by atoms with van der Waals surface area (Å²) in [5, 5.41) is 17.6. The summed E-state index contributed by atoms with van der Waals surface area (Å²) in [4.78, 5) is 14.7. The summed E-state index contributed by atoms with van der Waals surface area (Å²) in [6, 6.07) is 9.56. The Kier molecular flexibility index (Phi) is 3.59. The summed E-state index contributed by atoms with van der Waals surface area (Å²) in [6.07, 6.45) is 2.79. The molecular formula is C15H13N3O3. The summed E-state index contributed by atoms with van der Waals surface area (Å²) in [5.74, 6) is 0.0698. The van der Waals surface area contributed by atoms with Crippen molar-refractivity contribution in [2.24, 2.45) is 0 Å². The van der Waals surface area contributed by atoms with Crippen molar-refractivity contribution in [1.29, 1.82) is 0 Å². The molecule has 21 heavy (non-hydrogen) atoms. The average molecular weight is 283 g/mol. The lowest BCUT2D eigenvalue weighted by Gasteiger charge is -1.98. The standard InChI is InChI=1S/C15H13N3O3/c19-14(20)5-1-4-13-17-18-15(21-13)11-6-7-12-10(9-11)3-2-8-16-12/h2-3,6-9H,1,4-5H2,(H,19,20). The van der Waals surface area contributed by atoms with Crippen molar-refractivity contribution >= 4 is 16.9 Å². The Morgan fingerprint density at radius 1 is 1.24 bits per heavy atom. The maximum atomic E-state index is 10.5. The Morgan fingerprint density at radius 3 is 3.00 bits per heavy atom. The number of benzene rings is 1. The third-order valence-corrected chi connectivity index (χ3v) is 3.10. The predicted octanol–water partition coefficient (Wildman–Crippen LogP) is 2.69. The second-order valence-electron chi connectivity index (χ2n) is 4.66. The molecule has 0 fully saturated rings.